The fourth-order valence-corrected chi connectivity index (χ4v) is 3.56. The number of hydrogen-bond donors (Lipinski definition) is 2. The van der Waals surface area contributed by atoms with Gasteiger partial charge >= 0.3 is 0 Å². The highest BCUT2D eigenvalue weighted by Crippen LogP contribution is 2.28. The van der Waals surface area contributed by atoms with E-state index >= 15 is 0 Å². The topological polar surface area (TPSA) is 66.0 Å². The molecule has 0 spiro atoms. The third kappa shape index (κ3) is 4.10. The predicted molar refractivity (Wildman–Crippen MR) is 90.3 cm³/mol. The number of rotatable bonds is 3. The fourth-order valence-electron chi connectivity index (χ4n) is 3.56. The molecule has 0 aromatic heterocycles. The lowest BCUT2D eigenvalue weighted by atomic mass is 9.97. The van der Waals surface area contributed by atoms with Crippen LogP contribution in [0.25, 0.3) is 0 Å². The number of amides is 2. The van der Waals surface area contributed by atoms with E-state index < -0.39 is 0 Å². The Kier molecular flexibility index (Phi) is 5.28. The van der Waals surface area contributed by atoms with Gasteiger partial charge in [-0.3, -0.25) is 14.5 Å². The molecule has 0 radical (unpaired) electrons. The zero-order valence-corrected chi connectivity index (χ0v) is 13.6. The lowest BCUT2D eigenvalue weighted by Gasteiger charge is -2.29. The van der Waals surface area contributed by atoms with Gasteiger partial charge in [0.2, 0.25) is 5.91 Å². The van der Waals surface area contributed by atoms with Crippen LogP contribution in [-0.2, 0) is 9.59 Å². The Morgan fingerprint density at radius 2 is 1.83 bits per heavy atom. The molecule has 2 amide bonds. The lowest BCUT2D eigenvalue weighted by Crippen LogP contribution is -2.92. The molecule has 3 N–H and O–H groups in total. The van der Waals surface area contributed by atoms with Crippen molar-refractivity contribution >= 4 is 23.2 Å². The fraction of sp³-hybridized carbons (Fsp3) is 0.556. The van der Waals surface area contributed by atoms with Crippen molar-refractivity contribution in [2.24, 2.45) is 0 Å². The Morgan fingerprint density at radius 3 is 2.61 bits per heavy atom. The summed E-state index contributed by atoms with van der Waals surface area (Å²) in [6, 6.07) is 8.05. The second kappa shape index (κ2) is 7.59. The summed E-state index contributed by atoms with van der Waals surface area (Å²) in [4.78, 5) is 26.1. The van der Waals surface area contributed by atoms with Crippen molar-refractivity contribution in [3.8, 4) is 0 Å². The van der Waals surface area contributed by atoms with Crippen molar-refractivity contribution in [3.05, 3.63) is 24.3 Å². The maximum absolute atomic E-state index is 12.6. The molecular weight excluding hydrogens is 290 g/mol. The second-order valence-electron chi connectivity index (χ2n) is 6.59. The van der Waals surface area contributed by atoms with E-state index in [1.165, 1.54) is 44.9 Å². The molecule has 1 aliphatic carbocycles. The highest BCUT2D eigenvalue weighted by molar-refractivity contribution is 6.10. The Hall–Kier alpha value is -1.88. The zero-order valence-electron chi connectivity index (χ0n) is 13.6. The number of carbonyl (C=O) groups is 2. The van der Waals surface area contributed by atoms with Crippen molar-refractivity contribution < 1.29 is 14.9 Å². The molecule has 5 heteroatoms. The van der Waals surface area contributed by atoms with Crippen molar-refractivity contribution in [1.82, 2.24) is 0 Å². The summed E-state index contributed by atoms with van der Waals surface area (Å²) < 4.78 is 0. The van der Waals surface area contributed by atoms with E-state index in [0.29, 0.717) is 12.6 Å². The van der Waals surface area contributed by atoms with E-state index in [1.807, 2.05) is 24.3 Å². The normalized spacial score (nSPS) is 19.5. The van der Waals surface area contributed by atoms with E-state index in [4.69, 9.17) is 0 Å². The molecule has 124 valence electrons. The first kappa shape index (κ1) is 16.0. The largest absolute Gasteiger partial charge is 0.336 e. The summed E-state index contributed by atoms with van der Waals surface area (Å²) in [5, 5.41) is 5.01. The van der Waals surface area contributed by atoms with Crippen LogP contribution in [0, 0.1) is 0 Å². The molecule has 1 aliphatic heterocycles. The van der Waals surface area contributed by atoms with Crippen LogP contribution in [0.2, 0.25) is 0 Å². The number of nitrogens with two attached hydrogens (primary N) is 1. The maximum atomic E-state index is 12.6. The number of fused-ring (bicyclic) bond motifs is 1. The summed E-state index contributed by atoms with van der Waals surface area (Å²) >= 11 is 0. The molecule has 1 aromatic carbocycles. The molecule has 0 atom stereocenters. The third-order valence-electron chi connectivity index (χ3n) is 4.85. The zero-order chi connectivity index (χ0) is 16.1. The molecule has 0 bridgehead atoms. The van der Waals surface area contributed by atoms with Crippen LogP contribution < -0.4 is 15.5 Å². The van der Waals surface area contributed by atoms with Crippen molar-refractivity contribution in [1.29, 1.82) is 0 Å². The van der Waals surface area contributed by atoms with Crippen LogP contribution in [0.4, 0.5) is 11.4 Å². The predicted octanol–water partition coefficient (Wildman–Crippen LogP) is 1.65. The van der Waals surface area contributed by atoms with Crippen LogP contribution in [0.15, 0.2) is 24.3 Å². The van der Waals surface area contributed by atoms with Gasteiger partial charge in [0.05, 0.1) is 17.4 Å². The summed E-state index contributed by atoms with van der Waals surface area (Å²) in [5.74, 6) is -0.0997. The first-order valence-corrected chi connectivity index (χ1v) is 8.76. The minimum atomic E-state index is -0.122. The Labute approximate surface area is 137 Å². The maximum Gasteiger partial charge on any atom is 0.282 e. The smallest absolute Gasteiger partial charge is 0.282 e. The Balaban J connectivity index is 1.60. The number of nitrogens with zero attached hydrogens (tertiary/aromatic N) is 1. The Morgan fingerprint density at radius 1 is 1.13 bits per heavy atom. The quantitative estimate of drug-likeness (QED) is 0.890. The average Bonchev–Trinajstić information content (AvgIpc) is 2.52. The van der Waals surface area contributed by atoms with E-state index in [9.17, 15) is 9.59 Å². The number of anilines is 2. The molecule has 1 aromatic rings. The number of nitrogens with one attached hydrogen (secondary N) is 1. The minimum absolute atomic E-state index is 0.0226. The van der Waals surface area contributed by atoms with Gasteiger partial charge in [-0.25, -0.2) is 0 Å². The highest BCUT2D eigenvalue weighted by atomic mass is 16.2. The van der Waals surface area contributed by atoms with Gasteiger partial charge in [0.1, 0.15) is 6.54 Å². The molecule has 2 aliphatic rings. The van der Waals surface area contributed by atoms with Gasteiger partial charge in [0, 0.05) is 0 Å². The average molecular weight is 316 g/mol. The van der Waals surface area contributed by atoms with E-state index in [0.717, 1.165) is 11.4 Å². The van der Waals surface area contributed by atoms with Crippen LogP contribution in [-0.4, -0.2) is 30.9 Å². The number of hydrogen-bond acceptors (Lipinski definition) is 2. The van der Waals surface area contributed by atoms with Gasteiger partial charge in [0.25, 0.3) is 5.91 Å². The monoisotopic (exact) mass is 316 g/mol. The summed E-state index contributed by atoms with van der Waals surface area (Å²) in [6.07, 6.45) is 8.92. The first-order valence-electron chi connectivity index (χ1n) is 8.76. The summed E-state index contributed by atoms with van der Waals surface area (Å²) in [7, 11) is 0. The third-order valence-corrected chi connectivity index (χ3v) is 4.85. The Bertz CT molecular complexity index is 565. The lowest BCUT2D eigenvalue weighted by molar-refractivity contribution is -0.680. The number of carbonyl (C=O) groups excluding carboxylic acids is 2. The molecular formula is C18H26N3O2+. The molecule has 1 fully saturated rings. The van der Waals surface area contributed by atoms with Crippen LogP contribution >= 0.6 is 0 Å². The minimum Gasteiger partial charge on any atom is -0.336 e. The van der Waals surface area contributed by atoms with Crippen LogP contribution in [0.1, 0.15) is 44.9 Å². The molecule has 23 heavy (non-hydrogen) atoms. The van der Waals surface area contributed by atoms with Gasteiger partial charge in [-0.05, 0) is 37.8 Å². The van der Waals surface area contributed by atoms with Crippen molar-refractivity contribution in [3.63, 3.8) is 0 Å². The van der Waals surface area contributed by atoms with E-state index in [1.54, 1.807) is 4.90 Å². The van der Waals surface area contributed by atoms with Crippen LogP contribution in [0.5, 0.6) is 0 Å². The summed E-state index contributed by atoms with van der Waals surface area (Å²) in [6.45, 7) is 0.542. The SMILES string of the molecule is O=C1CN(C(=O)C[NH2+]C2CCCCCCC2)c2ccccc2N1. The van der Waals surface area contributed by atoms with Gasteiger partial charge in [-0.1, -0.05) is 31.4 Å². The summed E-state index contributed by atoms with van der Waals surface area (Å²) in [5.41, 5.74) is 1.53. The van der Waals surface area contributed by atoms with E-state index in [2.05, 4.69) is 10.6 Å². The van der Waals surface area contributed by atoms with Crippen LogP contribution in [0.3, 0.4) is 0 Å². The van der Waals surface area contributed by atoms with Gasteiger partial charge in [-0.15, -0.1) is 0 Å². The molecule has 1 heterocycles. The molecule has 3 rings (SSSR count). The first-order chi connectivity index (χ1) is 11.2. The highest BCUT2D eigenvalue weighted by Gasteiger charge is 2.28. The standard InChI is InChI=1S/C18H25N3O2/c22-17-13-21(16-11-7-6-10-15(16)20-17)18(23)12-19-14-8-4-2-1-3-5-9-14/h6-7,10-11,14,19H,1-5,8-9,12-13H2,(H,20,22)/p+1. The second-order valence-corrected chi connectivity index (χ2v) is 6.59. The number of benzene rings is 1. The van der Waals surface area contributed by atoms with Gasteiger partial charge in [0.15, 0.2) is 6.54 Å². The van der Waals surface area contributed by atoms with Gasteiger partial charge < -0.3 is 10.6 Å². The van der Waals surface area contributed by atoms with Gasteiger partial charge in [-0.2, -0.15) is 0 Å². The number of para-hydroxylation sites is 2. The molecule has 0 unspecified atom stereocenters. The molecule has 1 saturated carbocycles. The molecule has 5 nitrogen and oxygen atoms in total. The molecule has 0 saturated heterocycles. The number of quaternary nitrogens is 1. The van der Waals surface area contributed by atoms with Crippen molar-refractivity contribution in [2.75, 3.05) is 23.3 Å². The van der Waals surface area contributed by atoms with Crippen molar-refractivity contribution in [2.45, 2.75) is 51.0 Å². The van der Waals surface area contributed by atoms with E-state index in [-0.39, 0.29) is 18.4 Å².